The fourth-order valence-electron chi connectivity index (χ4n) is 1.43. The summed E-state index contributed by atoms with van der Waals surface area (Å²) in [5.74, 6) is 0.184. The number of nitrogens with one attached hydrogen (secondary N) is 1. The molecule has 0 saturated heterocycles. The van der Waals surface area contributed by atoms with Gasteiger partial charge in [0.1, 0.15) is 0 Å². The first-order valence-electron chi connectivity index (χ1n) is 4.75. The van der Waals surface area contributed by atoms with Crippen molar-refractivity contribution in [2.45, 2.75) is 13.3 Å². The summed E-state index contributed by atoms with van der Waals surface area (Å²) in [5.41, 5.74) is 0.726. The van der Waals surface area contributed by atoms with Crippen LogP contribution in [0.4, 0.5) is 0 Å². The number of aromatic nitrogens is 2. The van der Waals surface area contributed by atoms with Gasteiger partial charge in [0.15, 0.2) is 0 Å². The highest BCUT2D eigenvalue weighted by atomic mass is 16.3. The first-order chi connectivity index (χ1) is 7.11. The van der Waals surface area contributed by atoms with E-state index in [2.05, 4.69) is 4.98 Å². The van der Waals surface area contributed by atoms with E-state index in [0.717, 1.165) is 12.0 Å². The largest absolute Gasteiger partial charge is 0.396 e. The van der Waals surface area contributed by atoms with Gasteiger partial charge in [-0.25, -0.2) is 4.79 Å². The van der Waals surface area contributed by atoms with Gasteiger partial charge in [0.25, 0.3) is 5.56 Å². The number of nitrogens with zero attached hydrogens (tertiary/aromatic N) is 1. The number of aliphatic hydroxyl groups excluding tert-OH is 1. The quantitative estimate of drug-likeness (QED) is 0.700. The third-order valence-corrected chi connectivity index (χ3v) is 2.52. The first-order valence-corrected chi connectivity index (χ1v) is 4.75. The number of aliphatic hydroxyl groups is 1. The van der Waals surface area contributed by atoms with E-state index in [-0.39, 0.29) is 18.1 Å². The van der Waals surface area contributed by atoms with Crippen molar-refractivity contribution in [2.75, 3.05) is 6.61 Å². The van der Waals surface area contributed by atoms with Crippen LogP contribution in [0.3, 0.4) is 0 Å². The summed E-state index contributed by atoms with van der Waals surface area (Å²) >= 11 is 0. The summed E-state index contributed by atoms with van der Waals surface area (Å²) in [7, 11) is 0. The summed E-state index contributed by atoms with van der Waals surface area (Å²) in [4.78, 5) is 24.7. The maximum absolute atomic E-state index is 11.4. The van der Waals surface area contributed by atoms with Crippen molar-refractivity contribution in [3.8, 4) is 0 Å². The highest BCUT2D eigenvalue weighted by Gasteiger charge is 2.28. The molecule has 80 valence electrons. The molecule has 1 aliphatic rings. The highest BCUT2D eigenvalue weighted by Crippen LogP contribution is 2.37. The standard InChI is InChI=1S/C10H12N2O3/c1-6-3-12(10(15)11-9(6)14)4-7-2-8(7)5-13/h3-4,8,13H,2,5H2,1H3,(H,11,14,15)/b7-4-. The fourth-order valence-corrected chi connectivity index (χ4v) is 1.43. The minimum atomic E-state index is -0.443. The molecule has 1 aromatic heterocycles. The average molecular weight is 208 g/mol. The van der Waals surface area contributed by atoms with Gasteiger partial charge in [0.2, 0.25) is 0 Å². The Bertz CT molecular complexity index is 524. The van der Waals surface area contributed by atoms with E-state index in [1.54, 1.807) is 13.1 Å². The molecule has 15 heavy (non-hydrogen) atoms. The molecule has 1 aromatic rings. The van der Waals surface area contributed by atoms with E-state index in [9.17, 15) is 9.59 Å². The van der Waals surface area contributed by atoms with Gasteiger partial charge in [-0.2, -0.15) is 0 Å². The van der Waals surface area contributed by atoms with Crippen LogP contribution >= 0.6 is 0 Å². The van der Waals surface area contributed by atoms with Crippen LogP contribution in [0.5, 0.6) is 0 Å². The van der Waals surface area contributed by atoms with E-state index in [1.165, 1.54) is 10.8 Å². The number of rotatable bonds is 2. The predicted molar refractivity (Wildman–Crippen MR) is 55.5 cm³/mol. The number of H-pyrrole nitrogens is 1. The van der Waals surface area contributed by atoms with Crippen LogP contribution in [0, 0.1) is 12.8 Å². The smallest absolute Gasteiger partial charge is 0.332 e. The Kier molecular flexibility index (Phi) is 2.32. The minimum Gasteiger partial charge on any atom is -0.396 e. The molecule has 1 saturated carbocycles. The van der Waals surface area contributed by atoms with Crippen molar-refractivity contribution < 1.29 is 5.11 Å². The van der Waals surface area contributed by atoms with Gasteiger partial charge in [0.05, 0.1) is 0 Å². The molecule has 0 aliphatic heterocycles. The van der Waals surface area contributed by atoms with Gasteiger partial charge in [0, 0.05) is 30.5 Å². The minimum absolute atomic E-state index is 0.114. The lowest BCUT2D eigenvalue weighted by molar-refractivity contribution is 0.281. The molecule has 1 unspecified atom stereocenters. The second kappa shape index (κ2) is 3.51. The van der Waals surface area contributed by atoms with Crippen LogP contribution < -0.4 is 11.2 Å². The maximum atomic E-state index is 11.4. The molecule has 1 fully saturated rings. The SMILES string of the molecule is Cc1cn(/C=C2/CC2CO)c(=O)[nH]c1=O. The van der Waals surface area contributed by atoms with Crippen LogP contribution in [0.2, 0.25) is 0 Å². The van der Waals surface area contributed by atoms with Crippen LogP contribution in [0.25, 0.3) is 6.20 Å². The summed E-state index contributed by atoms with van der Waals surface area (Å²) < 4.78 is 1.35. The van der Waals surface area contributed by atoms with E-state index < -0.39 is 5.69 Å². The summed E-state index contributed by atoms with van der Waals surface area (Å²) in [6.07, 6.45) is 3.99. The second-order valence-corrected chi connectivity index (χ2v) is 3.77. The van der Waals surface area contributed by atoms with Crippen molar-refractivity contribution in [3.63, 3.8) is 0 Å². The lowest BCUT2D eigenvalue weighted by Gasteiger charge is -1.98. The molecule has 0 aromatic carbocycles. The second-order valence-electron chi connectivity index (χ2n) is 3.77. The normalized spacial score (nSPS) is 22.0. The van der Waals surface area contributed by atoms with Crippen LogP contribution in [0.15, 0.2) is 21.4 Å². The lowest BCUT2D eigenvalue weighted by Crippen LogP contribution is -2.28. The van der Waals surface area contributed by atoms with Crippen molar-refractivity contribution in [1.82, 2.24) is 9.55 Å². The van der Waals surface area contributed by atoms with E-state index in [1.807, 2.05) is 0 Å². The van der Waals surface area contributed by atoms with Gasteiger partial charge in [-0.3, -0.25) is 14.3 Å². The van der Waals surface area contributed by atoms with Crippen molar-refractivity contribution >= 4 is 6.20 Å². The predicted octanol–water partition coefficient (Wildman–Crippen LogP) is -0.302. The van der Waals surface area contributed by atoms with Gasteiger partial charge >= 0.3 is 5.69 Å². The molecule has 0 spiro atoms. The Morgan fingerprint density at radius 3 is 3.00 bits per heavy atom. The molecule has 5 nitrogen and oxygen atoms in total. The summed E-state index contributed by atoms with van der Waals surface area (Å²) in [6.45, 7) is 1.76. The summed E-state index contributed by atoms with van der Waals surface area (Å²) in [5, 5.41) is 8.84. The molecule has 5 heteroatoms. The number of hydrogen-bond acceptors (Lipinski definition) is 3. The van der Waals surface area contributed by atoms with Crippen LogP contribution in [-0.2, 0) is 0 Å². The maximum Gasteiger partial charge on any atom is 0.332 e. The van der Waals surface area contributed by atoms with E-state index in [0.29, 0.717) is 5.56 Å². The number of aryl methyl sites for hydroxylation is 1. The third kappa shape index (κ3) is 1.92. The Morgan fingerprint density at radius 2 is 2.40 bits per heavy atom. The van der Waals surface area contributed by atoms with Crippen LogP contribution in [0.1, 0.15) is 12.0 Å². The zero-order valence-corrected chi connectivity index (χ0v) is 8.36. The third-order valence-electron chi connectivity index (χ3n) is 2.52. The monoisotopic (exact) mass is 208 g/mol. The molecule has 0 amide bonds. The van der Waals surface area contributed by atoms with Gasteiger partial charge in [-0.1, -0.05) is 0 Å². The van der Waals surface area contributed by atoms with Gasteiger partial charge in [-0.15, -0.1) is 0 Å². The molecule has 0 bridgehead atoms. The Hall–Kier alpha value is -1.62. The Balaban J connectivity index is 2.39. The van der Waals surface area contributed by atoms with Crippen molar-refractivity contribution in [2.24, 2.45) is 5.92 Å². The number of aromatic amines is 1. The van der Waals surface area contributed by atoms with Crippen LogP contribution in [-0.4, -0.2) is 21.3 Å². The molecule has 2 N–H and O–H groups in total. The first kappa shape index (κ1) is 9.92. The highest BCUT2D eigenvalue weighted by molar-refractivity contribution is 5.41. The topological polar surface area (TPSA) is 75.1 Å². The lowest BCUT2D eigenvalue weighted by atomic mass is 10.4. The Morgan fingerprint density at radius 1 is 1.67 bits per heavy atom. The zero-order chi connectivity index (χ0) is 11.0. The molecule has 1 heterocycles. The van der Waals surface area contributed by atoms with Gasteiger partial charge < -0.3 is 5.11 Å². The number of hydrogen-bond donors (Lipinski definition) is 2. The van der Waals surface area contributed by atoms with E-state index in [4.69, 9.17) is 5.11 Å². The molecule has 0 radical (unpaired) electrons. The molecule has 1 aliphatic carbocycles. The van der Waals surface area contributed by atoms with E-state index >= 15 is 0 Å². The molecule has 2 rings (SSSR count). The molecular weight excluding hydrogens is 196 g/mol. The fraction of sp³-hybridized carbons (Fsp3) is 0.400. The summed E-state index contributed by atoms with van der Waals surface area (Å²) in [6, 6.07) is 0. The molecule has 1 atom stereocenters. The van der Waals surface area contributed by atoms with Gasteiger partial charge in [-0.05, 0) is 18.9 Å². The van der Waals surface area contributed by atoms with Crippen molar-refractivity contribution in [1.29, 1.82) is 0 Å². The average Bonchev–Trinajstić information content (AvgIpc) is 2.93. The molecular formula is C10H12N2O3. The zero-order valence-electron chi connectivity index (χ0n) is 8.36. The van der Waals surface area contributed by atoms with Crippen molar-refractivity contribution in [3.05, 3.63) is 38.2 Å². The Labute approximate surface area is 85.7 Å².